The average Bonchev–Trinajstić information content (AvgIpc) is 2.82. The number of benzene rings is 1. The molecule has 0 N–H and O–H groups in total. The summed E-state index contributed by atoms with van der Waals surface area (Å²) in [6.07, 6.45) is 2.42. The molecule has 3 rings (SSSR count). The highest BCUT2D eigenvalue weighted by Gasteiger charge is 2.28. The first-order valence-corrected chi connectivity index (χ1v) is 6.90. The van der Waals surface area contributed by atoms with Crippen molar-refractivity contribution in [1.82, 2.24) is 4.90 Å². The van der Waals surface area contributed by atoms with E-state index >= 15 is 0 Å². The molecule has 1 unspecified atom stereocenters. The zero-order chi connectivity index (χ0) is 13.4. The van der Waals surface area contributed by atoms with E-state index in [0.717, 1.165) is 24.3 Å². The number of nitrogens with zero attached hydrogens (tertiary/aromatic N) is 1. The smallest absolute Gasteiger partial charge is 0.231 e. The summed E-state index contributed by atoms with van der Waals surface area (Å²) in [4.78, 5) is 14.1. The highest BCUT2D eigenvalue weighted by molar-refractivity contribution is 5.77. The number of hydrogen-bond acceptors (Lipinski definition) is 3. The van der Waals surface area contributed by atoms with E-state index in [4.69, 9.17) is 9.47 Å². The van der Waals surface area contributed by atoms with Crippen LogP contribution in [-0.2, 0) is 17.8 Å². The summed E-state index contributed by atoms with van der Waals surface area (Å²) in [7, 11) is 0. The van der Waals surface area contributed by atoms with E-state index in [2.05, 4.69) is 13.0 Å². The van der Waals surface area contributed by atoms with Gasteiger partial charge in [-0.05, 0) is 43.0 Å². The molecule has 2 aliphatic rings. The van der Waals surface area contributed by atoms with Gasteiger partial charge in [-0.2, -0.15) is 0 Å². The van der Waals surface area contributed by atoms with Crippen molar-refractivity contribution in [3.8, 4) is 11.5 Å². The number of carbonyl (C=O) groups excluding carboxylic acids is 1. The molecule has 1 atom stereocenters. The molecule has 1 aromatic carbocycles. The molecule has 0 saturated carbocycles. The van der Waals surface area contributed by atoms with E-state index in [1.807, 2.05) is 17.9 Å². The molecule has 4 nitrogen and oxygen atoms in total. The van der Waals surface area contributed by atoms with Gasteiger partial charge in [0.1, 0.15) is 0 Å². The molecule has 0 radical (unpaired) electrons. The van der Waals surface area contributed by atoms with Crippen molar-refractivity contribution >= 4 is 5.91 Å². The summed E-state index contributed by atoms with van der Waals surface area (Å²) in [6.45, 7) is 5.14. The lowest BCUT2D eigenvalue weighted by Gasteiger charge is -2.35. The fourth-order valence-corrected chi connectivity index (χ4v) is 2.82. The van der Waals surface area contributed by atoms with Crippen LogP contribution in [0.2, 0.25) is 0 Å². The molecule has 1 amide bonds. The van der Waals surface area contributed by atoms with Crippen molar-refractivity contribution < 1.29 is 14.3 Å². The zero-order valence-electron chi connectivity index (χ0n) is 11.4. The highest BCUT2D eigenvalue weighted by Crippen LogP contribution is 2.37. The van der Waals surface area contributed by atoms with Gasteiger partial charge < -0.3 is 14.4 Å². The van der Waals surface area contributed by atoms with Gasteiger partial charge in [0.05, 0.1) is 0 Å². The third kappa shape index (κ3) is 2.15. The predicted octanol–water partition coefficient (Wildman–Crippen LogP) is 2.49. The number of amides is 1. The topological polar surface area (TPSA) is 38.8 Å². The Kier molecular flexibility index (Phi) is 3.09. The van der Waals surface area contributed by atoms with Crippen molar-refractivity contribution in [2.45, 2.75) is 45.7 Å². The number of carbonyl (C=O) groups is 1. The summed E-state index contributed by atoms with van der Waals surface area (Å²) in [5.41, 5.74) is 2.46. The van der Waals surface area contributed by atoms with Gasteiger partial charge in [-0.3, -0.25) is 4.79 Å². The minimum absolute atomic E-state index is 0.248. The molecule has 0 saturated heterocycles. The second-order valence-electron chi connectivity index (χ2n) is 5.30. The highest BCUT2D eigenvalue weighted by atomic mass is 16.7. The van der Waals surface area contributed by atoms with Crippen LogP contribution in [-0.4, -0.2) is 23.6 Å². The number of rotatable bonds is 2. The van der Waals surface area contributed by atoms with E-state index < -0.39 is 0 Å². The van der Waals surface area contributed by atoms with Gasteiger partial charge in [0, 0.05) is 19.0 Å². The van der Waals surface area contributed by atoms with Crippen molar-refractivity contribution in [2.24, 2.45) is 0 Å². The first-order chi connectivity index (χ1) is 9.19. The fourth-order valence-electron chi connectivity index (χ4n) is 2.82. The summed E-state index contributed by atoms with van der Waals surface area (Å²) in [5, 5.41) is 0. The third-order valence-corrected chi connectivity index (χ3v) is 3.87. The Labute approximate surface area is 113 Å². The van der Waals surface area contributed by atoms with Gasteiger partial charge >= 0.3 is 0 Å². The largest absolute Gasteiger partial charge is 0.454 e. The lowest BCUT2D eigenvalue weighted by atomic mass is 9.94. The summed E-state index contributed by atoms with van der Waals surface area (Å²) in [6, 6.07) is 4.35. The second kappa shape index (κ2) is 4.76. The average molecular weight is 261 g/mol. The Hall–Kier alpha value is -1.71. The Bertz CT molecular complexity index is 512. The summed E-state index contributed by atoms with van der Waals surface area (Å²) >= 11 is 0. The molecular formula is C15H19NO3. The maximum Gasteiger partial charge on any atom is 0.231 e. The quantitative estimate of drug-likeness (QED) is 0.821. The summed E-state index contributed by atoms with van der Waals surface area (Å²) < 4.78 is 10.8. The van der Waals surface area contributed by atoms with Gasteiger partial charge in [-0.25, -0.2) is 0 Å². The summed E-state index contributed by atoms with van der Waals surface area (Å²) in [5.74, 6) is 1.88. The maximum absolute atomic E-state index is 12.1. The molecule has 19 heavy (non-hydrogen) atoms. The van der Waals surface area contributed by atoms with Gasteiger partial charge in [0.15, 0.2) is 11.5 Å². The molecule has 4 heteroatoms. The van der Waals surface area contributed by atoms with Crippen LogP contribution in [0.5, 0.6) is 11.5 Å². The van der Waals surface area contributed by atoms with E-state index in [1.54, 1.807) is 0 Å². The van der Waals surface area contributed by atoms with E-state index in [9.17, 15) is 4.79 Å². The van der Waals surface area contributed by atoms with Crippen LogP contribution in [0.15, 0.2) is 12.1 Å². The molecular weight excluding hydrogens is 242 g/mol. The SMILES string of the molecule is CCCC(=O)N1Cc2cc3c(cc2CC1C)OCO3. The Morgan fingerprint density at radius 1 is 1.32 bits per heavy atom. The van der Waals surface area contributed by atoms with E-state index in [0.29, 0.717) is 19.8 Å². The van der Waals surface area contributed by atoms with Crippen LogP contribution in [0.4, 0.5) is 0 Å². The molecule has 2 aliphatic heterocycles. The van der Waals surface area contributed by atoms with Crippen LogP contribution in [0.25, 0.3) is 0 Å². The molecule has 0 aliphatic carbocycles. The van der Waals surface area contributed by atoms with Crippen molar-refractivity contribution in [3.63, 3.8) is 0 Å². The first kappa shape index (κ1) is 12.3. The number of fused-ring (bicyclic) bond motifs is 2. The van der Waals surface area contributed by atoms with E-state index in [-0.39, 0.29) is 11.9 Å². The van der Waals surface area contributed by atoms with Crippen molar-refractivity contribution in [3.05, 3.63) is 23.3 Å². The monoisotopic (exact) mass is 261 g/mol. The predicted molar refractivity (Wildman–Crippen MR) is 71.2 cm³/mol. The molecule has 1 aromatic rings. The number of ether oxygens (including phenoxy) is 2. The molecule has 102 valence electrons. The number of hydrogen-bond donors (Lipinski definition) is 0. The van der Waals surface area contributed by atoms with Crippen LogP contribution >= 0.6 is 0 Å². The standard InChI is InChI=1S/C15H19NO3/c1-3-4-15(17)16-8-12-7-14-13(18-9-19-14)6-11(12)5-10(16)2/h6-7,10H,3-5,8-9H2,1-2H3. The van der Waals surface area contributed by atoms with Gasteiger partial charge in [-0.1, -0.05) is 6.92 Å². The van der Waals surface area contributed by atoms with Crippen LogP contribution in [0.3, 0.4) is 0 Å². The Balaban J connectivity index is 1.88. The molecule has 2 heterocycles. The lowest BCUT2D eigenvalue weighted by molar-refractivity contribution is -0.134. The van der Waals surface area contributed by atoms with Gasteiger partial charge in [-0.15, -0.1) is 0 Å². The van der Waals surface area contributed by atoms with Gasteiger partial charge in [0.25, 0.3) is 0 Å². The molecule has 0 spiro atoms. The Morgan fingerprint density at radius 3 is 2.68 bits per heavy atom. The molecule has 0 fully saturated rings. The fraction of sp³-hybridized carbons (Fsp3) is 0.533. The minimum Gasteiger partial charge on any atom is -0.454 e. The van der Waals surface area contributed by atoms with Gasteiger partial charge in [0.2, 0.25) is 12.7 Å². The van der Waals surface area contributed by atoms with Crippen LogP contribution in [0, 0.1) is 0 Å². The van der Waals surface area contributed by atoms with Crippen LogP contribution in [0.1, 0.15) is 37.8 Å². The van der Waals surface area contributed by atoms with Crippen molar-refractivity contribution in [1.29, 1.82) is 0 Å². The third-order valence-electron chi connectivity index (χ3n) is 3.87. The second-order valence-corrected chi connectivity index (χ2v) is 5.30. The minimum atomic E-state index is 0.248. The van der Waals surface area contributed by atoms with E-state index in [1.165, 1.54) is 11.1 Å². The Morgan fingerprint density at radius 2 is 2.00 bits per heavy atom. The lowest BCUT2D eigenvalue weighted by Crippen LogP contribution is -2.42. The first-order valence-electron chi connectivity index (χ1n) is 6.90. The normalized spacial score (nSPS) is 20.3. The maximum atomic E-state index is 12.1. The van der Waals surface area contributed by atoms with Crippen molar-refractivity contribution in [2.75, 3.05) is 6.79 Å². The molecule has 0 aromatic heterocycles. The van der Waals surface area contributed by atoms with Crippen LogP contribution < -0.4 is 9.47 Å². The zero-order valence-corrected chi connectivity index (χ0v) is 11.4. The molecule has 0 bridgehead atoms.